The number of hydrogen-bond donors (Lipinski definition) is 1. The van der Waals surface area contributed by atoms with Crippen LogP contribution in [0.3, 0.4) is 0 Å². The van der Waals surface area contributed by atoms with Crippen molar-refractivity contribution in [2.45, 2.75) is 6.17 Å². The van der Waals surface area contributed by atoms with Crippen LogP contribution in [0.5, 0.6) is 0 Å². The van der Waals surface area contributed by atoms with Gasteiger partial charge in [-0.1, -0.05) is 140 Å². The molecule has 3 heterocycles. The monoisotopic (exact) mass is 675 g/mol. The molecular weight excluding hydrogens is 647 g/mol. The van der Waals surface area contributed by atoms with Gasteiger partial charge in [0.05, 0.1) is 0 Å². The molecule has 50 heavy (non-hydrogen) atoms. The highest BCUT2D eigenvalue weighted by atomic mass is 32.1. The summed E-state index contributed by atoms with van der Waals surface area (Å²) in [5, 5.41) is 8.84. The van der Waals surface area contributed by atoms with E-state index in [0.29, 0.717) is 0 Å². The first-order chi connectivity index (χ1) is 24.8. The van der Waals surface area contributed by atoms with E-state index >= 15 is 0 Å². The zero-order valence-corrected chi connectivity index (χ0v) is 28.5. The van der Waals surface area contributed by atoms with E-state index in [9.17, 15) is 0 Å². The van der Waals surface area contributed by atoms with E-state index in [1.54, 1.807) is 0 Å². The Balaban J connectivity index is 1.13. The third kappa shape index (κ3) is 4.94. The van der Waals surface area contributed by atoms with Gasteiger partial charge < -0.3 is 5.32 Å². The summed E-state index contributed by atoms with van der Waals surface area (Å²) < 4.78 is 5.05. The first-order valence-electron chi connectivity index (χ1n) is 16.8. The summed E-state index contributed by atoms with van der Waals surface area (Å²) in [5.41, 5.74) is 7.92. The third-order valence-corrected chi connectivity index (χ3v) is 11.9. The fourth-order valence-corrected chi connectivity index (χ4v) is 9.46. The summed E-state index contributed by atoms with van der Waals surface area (Å²) >= 11 is 3.65. The lowest BCUT2D eigenvalue weighted by Gasteiger charge is -2.26. The van der Waals surface area contributed by atoms with E-state index in [0.717, 1.165) is 39.5 Å². The highest BCUT2D eigenvalue weighted by molar-refractivity contribution is 7.26. The van der Waals surface area contributed by atoms with Crippen LogP contribution in [0, 0.1) is 0 Å². The van der Waals surface area contributed by atoms with Gasteiger partial charge in [-0.05, 0) is 46.5 Å². The second-order valence-electron chi connectivity index (χ2n) is 12.6. The van der Waals surface area contributed by atoms with Gasteiger partial charge >= 0.3 is 0 Å². The normalized spacial score (nSPS) is 14.6. The van der Waals surface area contributed by atoms with Crippen molar-refractivity contribution in [2.24, 2.45) is 9.98 Å². The molecule has 0 amide bonds. The maximum absolute atomic E-state index is 5.37. The van der Waals surface area contributed by atoms with Gasteiger partial charge in [-0.15, -0.1) is 22.7 Å². The average Bonchev–Trinajstić information content (AvgIpc) is 3.76. The predicted octanol–water partition coefficient (Wildman–Crippen LogP) is 12.3. The largest absolute Gasteiger partial charge is 0.344 e. The Kier molecular flexibility index (Phi) is 6.93. The topological polar surface area (TPSA) is 36.8 Å². The van der Waals surface area contributed by atoms with Crippen LogP contribution in [0.15, 0.2) is 174 Å². The molecule has 0 aliphatic carbocycles. The number of rotatable bonds is 5. The van der Waals surface area contributed by atoms with Gasteiger partial charge in [-0.25, -0.2) is 9.98 Å². The Morgan fingerprint density at radius 3 is 1.90 bits per heavy atom. The number of aliphatic imine (C=N–C) groups is 2. The maximum Gasteiger partial charge on any atom is 0.159 e. The Morgan fingerprint density at radius 2 is 1.04 bits per heavy atom. The first kappa shape index (κ1) is 29.1. The average molecular weight is 676 g/mol. The van der Waals surface area contributed by atoms with Gasteiger partial charge in [0.1, 0.15) is 12.0 Å². The van der Waals surface area contributed by atoms with Crippen molar-refractivity contribution in [2.75, 3.05) is 0 Å². The van der Waals surface area contributed by atoms with Crippen molar-refractivity contribution in [3.05, 3.63) is 180 Å². The molecule has 1 unspecified atom stereocenters. The van der Waals surface area contributed by atoms with Gasteiger partial charge in [-0.2, -0.15) is 0 Å². The van der Waals surface area contributed by atoms with Gasteiger partial charge in [0, 0.05) is 57.0 Å². The van der Waals surface area contributed by atoms with Crippen molar-refractivity contribution in [1.82, 2.24) is 5.32 Å². The SMILES string of the molecule is c1ccc(-c2ccc(-c3ccccc3C3N=C(c4ccc5c(c4)sc4ccccc45)N=C(c4cccc5sc6ccccc6c45)N3)cc2)cc1. The minimum atomic E-state index is -0.347. The van der Waals surface area contributed by atoms with E-state index in [2.05, 4.69) is 169 Å². The van der Waals surface area contributed by atoms with Gasteiger partial charge in [0.25, 0.3) is 0 Å². The molecule has 1 aliphatic rings. The number of nitrogens with one attached hydrogen (secondary N) is 1. The molecule has 0 saturated carbocycles. The zero-order chi connectivity index (χ0) is 33.0. The van der Waals surface area contributed by atoms with Crippen molar-refractivity contribution in [1.29, 1.82) is 0 Å². The number of nitrogens with zero attached hydrogens (tertiary/aromatic N) is 2. The van der Waals surface area contributed by atoms with Crippen LogP contribution in [0.4, 0.5) is 0 Å². The smallest absolute Gasteiger partial charge is 0.159 e. The van der Waals surface area contributed by atoms with Crippen LogP contribution in [-0.2, 0) is 0 Å². The van der Waals surface area contributed by atoms with E-state index in [-0.39, 0.29) is 6.17 Å². The lowest BCUT2D eigenvalue weighted by atomic mass is 9.95. The van der Waals surface area contributed by atoms with E-state index in [4.69, 9.17) is 9.98 Å². The summed E-state index contributed by atoms with van der Waals surface area (Å²) in [6.07, 6.45) is -0.347. The number of fused-ring (bicyclic) bond motifs is 6. The second-order valence-corrected chi connectivity index (χ2v) is 14.7. The molecule has 1 N–H and O–H groups in total. The minimum Gasteiger partial charge on any atom is -0.344 e. The van der Waals surface area contributed by atoms with E-state index in [1.807, 2.05) is 22.7 Å². The predicted molar refractivity (Wildman–Crippen MR) is 215 cm³/mol. The summed E-state index contributed by atoms with van der Waals surface area (Å²) in [6, 6.07) is 58.5. The molecule has 1 aliphatic heterocycles. The van der Waals surface area contributed by atoms with Crippen molar-refractivity contribution in [3.63, 3.8) is 0 Å². The molecule has 2 aromatic heterocycles. The lowest BCUT2D eigenvalue weighted by molar-refractivity contribution is 0.676. The van der Waals surface area contributed by atoms with Crippen molar-refractivity contribution in [3.8, 4) is 22.3 Å². The Labute approximate surface area is 297 Å². The maximum atomic E-state index is 5.37. The fraction of sp³-hybridized carbons (Fsp3) is 0.0222. The molecule has 5 heteroatoms. The summed E-state index contributed by atoms with van der Waals surface area (Å²) in [6.45, 7) is 0. The number of thiophene rings is 2. The molecule has 0 bridgehead atoms. The van der Waals surface area contributed by atoms with Crippen LogP contribution in [0.2, 0.25) is 0 Å². The molecule has 9 aromatic rings. The van der Waals surface area contributed by atoms with Crippen LogP contribution in [0.25, 0.3) is 62.6 Å². The summed E-state index contributed by atoms with van der Waals surface area (Å²) in [5.74, 6) is 1.56. The Bertz CT molecular complexity index is 2790. The summed E-state index contributed by atoms with van der Waals surface area (Å²) in [4.78, 5) is 10.7. The fourth-order valence-electron chi connectivity index (χ4n) is 7.18. The van der Waals surface area contributed by atoms with Gasteiger partial charge in [0.15, 0.2) is 5.84 Å². The molecule has 1 atom stereocenters. The quantitative estimate of drug-likeness (QED) is 0.194. The lowest BCUT2D eigenvalue weighted by Crippen LogP contribution is -2.34. The number of benzene rings is 7. The van der Waals surface area contributed by atoms with Crippen LogP contribution in [0.1, 0.15) is 22.9 Å². The summed E-state index contributed by atoms with van der Waals surface area (Å²) in [7, 11) is 0. The molecule has 0 fully saturated rings. The minimum absolute atomic E-state index is 0.347. The first-order valence-corrected chi connectivity index (χ1v) is 18.4. The Morgan fingerprint density at radius 1 is 0.440 bits per heavy atom. The molecule has 0 spiro atoms. The Hall–Kier alpha value is -5.88. The second kappa shape index (κ2) is 11.9. The van der Waals surface area contributed by atoms with Crippen LogP contribution < -0.4 is 5.32 Å². The number of amidine groups is 2. The van der Waals surface area contributed by atoms with Crippen LogP contribution >= 0.6 is 22.7 Å². The molecule has 0 radical (unpaired) electrons. The van der Waals surface area contributed by atoms with Crippen molar-refractivity contribution >= 4 is 74.7 Å². The van der Waals surface area contributed by atoms with Crippen LogP contribution in [-0.4, -0.2) is 11.7 Å². The molecule has 0 saturated heterocycles. The third-order valence-electron chi connectivity index (χ3n) is 9.60. The highest BCUT2D eigenvalue weighted by Crippen LogP contribution is 2.39. The highest BCUT2D eigenvalue weighted by Gasteiger charge is 2.25. The number of hydrogen-bond acceptors (Lipinski definition) is 5. The van der Waals surface area contributed by atoms with E-state index in [1.165, 1.54) is 51.5 Å². The van der Waals surface area contributed by atoms with Gasteiger partial charge in [0.2, 0.25) is 0 Å². The molecule has 10 rings (SSSR count). The molecule has 3 nitrogen and oxygen atoms in total. The van der Waals surface area contributed by atoms with Crippen molar-refractivity contribution < 1.29 is 0 Å². The standard InChI is InChI=1S/C45H29N3S2/c1-2-11-28(12-3-1)29-21-23-30(24-22-29)32-13-4-5-15-35(32)44-46-43(31-25-26-34-33-14-6-8-18-38(33)50-41(34)27-31)47-45(48-44)37-17-10-20-40-42(37)36-16-7-9-19-39(36)49-40/h1-27,44H,(H,46,47,48). The van der Waals surface area contributed by atoms with E-state index < -0.39 is 0 Å². The molecular formula is C45H29N3S2. The molecule has 7 aromatic carbocycles. The molecule has 236 valence electrons. The zero-order valence-electron chi connectivity index (χ0n) is 26.9. The van der Waals surface area contributed by atoms with Gasteiger partial charge in [-0.3, -0.25) is 0 Å².